The molecule has 1 saturated heterocycles. The lowest BCUT2D eigenvalue weighted by Gasteiger charge is -2.26. The summed E-state index contributed by atoms with van der Waals surface area (Å²) in [7, 11) is 0. The Kier molecular flexibility index (Phi) is 4.95. The third-order valence-corrected chi connectivity index (χ3v) is 3.42. The van der Waals surface area contributed by atoms with Gasteiger partial charge in [0.25, 0.3) is 0 Å². The molecule has 0 saturated carbocycles. The van der Waals surface area contributed by atoms with Crippen molar-refractivity contribution in [1.82, 2.24) is 9.88 Å². The molecule has 2 heterocycles. The molecule has 1 amide bonds. The van der Waals surface area contributed by atoms with E-state index >= 15 is 0 Å². The van der Waals surface area contributed by atoms with Crippen molar-refractivity contribution < 1.29 is 9.53 Å². The fourth-order valence-electron chi connectivity index (χ4n) is 1.79. The van der Waals surface area contributed by atoms with Gasteiger partial charge in [-0.25, -0.2) is 0 Å². The Labute approximate surface area is 115 Å². The number of nitrogens with one attached hydrogen (secondary N) is 1. The quantitative estimate of drug-likeness (QED) is 0.915. The number of nitrogens with zero attached hydrogens (tertiary/aromatic N) is 2. The van der Waals surface area contributed by atoms with Crippen LogP contribution in [0.4, 0.5) is 5.69 Å². The van der Waals surface area contributed by atoms with Gasteiger partial charge in [-0.15, -0.1) is 0 Å². The van der Waals surface area contributed by atoms with E-state index in [-0.39, 0.29) is 5.91 Å². The van der Waals surface area contributed by atoms with Crippen molar-refractivity contribution in [3.05, 3.63) is 22.9 Å². The third kappa shape index (κ3) is 3.68. The molecule has 1 aliphatic heterocycles. The molecule has 0 bridgehead atoms. The van der Waals surface area contributed by atoms with Crippen LogP contribution >= 0.6 is 15.9 Å². The van der Waals surface area contributed by atoms with Gasteiger partial charge in [-0.2, -0.15) is 0 Å². The van der Waals surface area contributed by atoms with Gasteiger partial charge in [0.15, 0.2) is 0 Å². The second kappa shape index (κ2) is 6.70. The molecule has 18 heavy (non-hydrogen) atoms. The predicted molar refractivity (Wildman–Crippen MR) is 72.4 cm³/mol. The molecule has 0 radical (unpaired) electrons. The van der Waals surface area contributed by atoms with Crippen LogP contribution in [-0.4, -0.2) is 48.6 Å². The summed E-state index contributed by atoms with van der Waals surface area (Å²) >= 11 is 3.40. The summed E-state index contributed by atoms with van der Waals surface area (Å²) in [5, 5.41) is 3.22. The SMILES string of the molecule is O=C(CCNc1ccncc1Br)N1CCOCC1. The van der Waals surface area contributed by atoms with Gasteiger partial charge in [-0.05, 0) is 22.0 Å². The minimum Gasteiger partial charge on any atom is -0.384 e. The number of rotatable bonds is 4. The molecule has 98 valence electrons. The highest BCUT2D eigenvalue weighted by Gasteiger charge is 2.15. The van der Waals surface area contributed by atoms with E-state index in [1.54, 1.807) is 12.4 Å². The summed E-state index contributed by atoms with van der Waals surface area (Å²) in [5.41, 5.74) is 0.958. The zero-order valence-corrected chi connectivity index (χ0v) is 11.6. The number of aromatic nitrogens is 1. The number of carbonyl (C=O) groups is 1. The first-order valence-electron chi connectivity index (χ1n) is 5.96. The van der Waals surface area contributed by atoms with Crippen LogP contribution in [0.1, 0.15) is 6.42 Å². The standard InChI is InChI=1S/C12H16BrN3O2/c13-10-9-14-3-1-11(10)15-4-2-12(17)16-5-7-18-8-6-16/h1,3,9H,2,4-8H2,(H,14,15). The maximum Gasteiger partial charge on any atom is 0.224 e. The van der Waals surface area contributed by atoms with Crippen molar-refractivity contribution in [1.29, 1.82) is 0 Å². The van der Waals surface area contributed by atoms with E-state index in [0.717, 1.165) is 10.2 Å². The number of hydrogen-bond donors (Lipinski definition) is 1. The molecule has 5 nitrogen and oxygen atoms in total. The molecule has 1 N–H and O–H groups in total. The van der Waals surface area contributed by atoms with Crippen LogP contribution in [0.3, 0.4) is 0 Å². The molecule has 0 aliphatic carbocycles. The van der Waals surface area contributed by atoms with Crippen LogP contribution in [0, 0.1) is 0 Å². The van der Waals surface area contributed by atoms with Gasteiger partial charge in [-0.3, -0.25) is 9.78 Å². The van der Waals surface area contributed by atoms with Gasteiger partial charge in [0.05, 0.1) is 23.4 Å². The van der Waals surface area contributed by atoms with Crippen LogP contribution in [0.25, 0.3) is 0 Å². The van der Waals surface area contributed by atoms with Crippen LogP contribution in [0.2, 0.25) is 0 Å². The number of hydrogen-bond acceptors (Lipinski definition) is 4. The fraction of sp³-hybridized carbons (Fsp3) is 0.500. The average molecular weight is 314 g/mol. The average Bonchev–Trinajstić information content (AvgIpc) is 2.42. The molecule has 1 aromatic heterocycles. The van der Waals surface area contributed by atoms with Crippen molar-refractivity contribution in [3.8, 4) is 0 Å². The lowest BCUT2D eigenvalue weighted by Crippen LogP contribution is -2.41. The van der Waals surface area contributed by atoms with Gasteiger partial charge < -0.3 is 15.0 Å². The molecular weight excluding hydrogens is 298 g/mol. The largest absolute Gasteiger partial charge is 0.384 e. The second-order valence-electron chi connectivity index (χ2n) is 4.03. The number of halogens is 1. The Bertz CT molecular complexity index is 408. The number of carbonyl (C=O) groups excluding carboxylic acids is 1. The number of ether oxygens (including phenoxy) is 1. The molecule has 0 atom stereocenters. The van der Waals surface area contributed by atoms with Crippen LogP contribution in [0.15, 0.2) is 22.9 Å². The van der Waals surface area contributed by atoms with Gasteiger partial charge in [0, 0.05) is 38.4 Å². The van der Waals surface area contributed by atoms with E-state index in [0.29, 0.717) is 39.3 Å². The zero-order valence-electron chi connectivity index (χ0n) is 10.1. The van der Waals surface area contributed by atoms with E-state index in [9.17, 15) is 4.79 Å². The van der Waals surface area contributed by atoms with E-state index in [1.807, 2.05) is 11.0 Å². The van der Waals surface area contributed by atoms with Crippen molar-refractivity contribution in [2.24, 2.45) is 0 Å². The molecule has 0 aromatic carbocycles. The Morgan fingerprint density at radius 2 is 2.28 bits per heavy atom. The summed E-state index contributed by atoms with van der Waals surface area (Å²) in [4.78, 5) is 17.7. The topological polar surface area (TPSA) is 54.5 Å². The molecule has 2 rings (SSSR count). The maximum absolute atomic E-state index is 11.9. The van der Waals surface area contributed by atoms with E-state index < -0.39 is 0 Å². The molecule has 1 aromatic rings. The van der Waals surface area contributed by atoms with Gasteiger partial charge >= 0.3 is 0 Å². The first-order chi connectivity index (χ1) is 8.77. The Hall–Kier alpha value is -1.14. The summed E-state index contributed by atoms with van der Waals surface area (Å²) in [6.45, 7) is 3.33. The van der Waals surface area contributed by atoms with Crippen LogP contribution < -0.4 is 5.32 Å². The van der Waals surface area contributed by atoms with Gasteiger partial charge in [-0.1, -0.05) is 0 Å². The highest BCUT2D eigenvalue weighted by Crippen LogP contribution is 2.19. The Morgan fingerprint density at radius 1 is 1.50 bits per heavy atom. The van der Waals surface area contributed by atoms with Gasteiger partial charge in [0.1, 0.15) is 0 Å². The molecule has 0 spiro atoms. The summed E-state index contributed by atoms with van der Waals surface area (Å²) in [5.74, 6) is 0.177. The highest BCUT2D eigenvalue weighted by molar-refractivity contribution is 9.10. The summed E-state index contributed by atoms with van der Waals surface area (Å²) < 4.78 is 6.12. The van der Waals surface area contributed by atoms with Crippen molar-refractivity contribution in [3.63, 3.8) is 0 Å². The molecule has 6 heteroatoms. The third-order valence-electron chi connectivity index (χ3n) is 2.79. The van der Waals surface area contributed by atoms with Crippen molar-refractivity contribution >= 4 is 27.5 Å². The van der Waals surface area contributed by atoms with E-state index in [4.69, 9.17) is 4.74 Å². The van der Waals surface area contributed by atoms with E-state index in [1.165, 1.54) is 0 Å². The fourth-order valence-corrected chi connectivity index (χ4v) is 2.18. The van der Waals surface area contributed by atoms with Gasteiger partial charge in [0.2, 0.25) is 5.91 Å². The normalized spacial score (nSPS) is 15.5. The number of anilines is 1. The molecular formula is C12H16BrN3O2. The Balaban J connectivity index is 1.75. The van der Waals surface area contributed by atoms with Crippen LogP contribution in [-0.2, 0) is 9.53 Å². The minimum absolute atomic E-state index is 0.177. The molecule has 1 fully saturated rings. The predicted octanol–water partition coefficient (Wildman–Crippen LogP) is 1.50. The minimum atomic E-state index is 0.177. The Morgan fingerprint density at radius 3 is 3.00 bits per heavy atom. The first kappa shape index (κ1) is 13.3. The smallest absolute Gasteiger partial charge is 0.224 e. The maximum atomic E-state index is 11.9. The van der Waals surface area contributed by atoms with Crippen molar-refractivity contribution in [2.45, 2.75) is 6.42 Å². The molecule has 0 unspecified atom stereocenters. The van der Waals surface area contributed by atoms with Crippen LogP contribution in [0.5, 0.6) is 0 Å². The van der Waals surface area contributed by atoms with Crippen molar-refractivity contribution in [2.75, 3.05) is 38.2 Å². The highest BCUT2D eigenvalue weighted by atomic mass is 79.9. The first-order valence-corrected chi connectivity index (χ1v) is 6.75. The number of morpholine rings is 1. The lowest BCUT2D eigenvalue weighted by atomic mass is 10.3. The summed E-state index contributed by atoms with van der Waals surface area (Å²) in [6, 6.07) is 1.88. The second-order valence-corrected chi connectivity index (χ2v) is 4.88. The van der Waals surface area contributed by atoms with E-state index in [2.05, 4.69) is 26.2 Å². The lowest BCUT2D eigenvalue weighted by molar-refractivity contribution is -0.134. The monoisotopic (exact) mass is 313 g/mol. The summed E-state index contributed by atoms with van der Waals surface area (Å²) in [6.07, 6.45) is 3.94. The number of pyridine rings is 1. The zero-order chi connectivity index (χ0) is 12.8. The number of amides is 1. The molecule has 1 aliphatic rings.